The second kappa shape index (κ2) is 7.38. The summed E-state index contributed by atoms with van der Waals surface area (Å²) in [5, 5.41) is 22.9. The number of aromatic carboxylic acids is 2. The molecule has 0 aliphatic rings. The van der Waals surface area contributed by atoms with E-state index in [-0.39, 0.29) is 21.8 Å². The van der Waals surface area contributed by atoms with Gasteiger partial charge in [-0.15, -0.1) is 11.3 Å². The number of thiazole rings is 1. The molecular weight excluding hydrogens is 368 g/mol. The summed E-state index contributed by atoms with van der Waals surface area (Å²) in [6, 6.07) is 11.0. The molecule has 0 atom stereocenters. The number of hydrogen-bond acceptors (Lipinski definition) is 5. The Morgan fingerprint density at radius 1 is 0.963 bits per heavy atom. The van der Waals surface area contributed by atoms with Gasteiger partial charge in [0.15, 0.2) is 5.13 Å². The van der Waals surface area contributed by atoms with Crippen LogP contribution in [0.3, 0.4) is 0 Å². The molecule has 3 N–H and O–H groups in total. The summed E-state index contributed by atoms with van der Waals surface area (Å²) in [4.78, 5) is 39.3. The third-order valence-electron chi connectivity index (χ3n) is 3.81. The maximum atomic E-state index is 12.5. The predicted octanol–water partition coefficient (Wildman–Crippen LogP) is 3.77. The van der Waals surface area contributed by atoms with Crippen LogP contribution in [0.2, 0.25) is 0 Å². The minimum Gasteiger partial charge on any atom is -0.478 e. The SMILES string of the molecule is Cc1ccc(-c2csc(NC(=O)c3cc(C(=O)O)ccc3C(=O)O)n2)cc1. The average molecular weight is 382 g/mol. The highest BCUT2D eigenvalue weighted by Crippen LogP contribution is 2.26. The molecule has 0 saturated carbocycles. The number of nitrogens with one attached hydrogen (secondary N) is 1. The van der Waals surface area contributed by atoms with E-state index in [0.29, 0.717) is 5.69 Å². The summed E-state index contributed by atoms with van der Waals surface area (Å²) >= 11 is 1.19. The van der Waals surface area contributed by atoms with E-state index in [2.05, 4.69) is 10.3 Å². The van der Waals surface area contributed by atoms with Crippen molar-refractivity contribution in [2.75, 3.05) is 5.32 Å². The number of carboxylic acids is 2. The topological polar surface area (TPSA) is 117 Å². The maximum Gasteiger partial charge on any atom is 0.336 e. The van der Waals surface area contributed by atoms with Gasteiger partial charge in [0.25, 0.3) is 5.91 Å². The Balaban J connectivity index is 1.87. The lowest BCUT2D eigenvalue weighted by Crippen LogP contribution is -2.17. The molecule has 0 saturated heterocycles. The Hall–Kier alpha value is -3.52. The number of hydrogen-bond donors (Lipinski definition) is 3. The van der Waals surface area contributed by atoms with Gasteiger partial charge in [-0.25, -0.2) is 14.6 Å². The quantitative estimate of drug-likeness (QED) is 0.618. The lowest BCUT2D eigenvalue weighted by molar-refractivity contribution is 0.0679. The number of rotatable bonds is 5. The standard InChI is InChI=1S/C19H14N2O5S/c1-10-2-4-11(5-3-10)15-9-27-19(20-15)21-16(22)14-8-12(17(23)24)6-7-13(14)18(25)26/h2-9H,1H3,(H,23,24)(H,25,26)(H,20,21,22). The highest BCUT2D eigenvalue weighted by atomic mass is 32.1. The minimum absolute atomic E-state index is 0.176. The molecule has 0 fully saturated rings. The van der Waals surface area contributed by atoms with Crippen molar-refractivity contribution in [1.29, 1.82) is 0 Å². The monoisotopic (exact) mass is 382 g/mol. The molecule has 0 spiro atoms. The summed E-state index contributed by atoms with van der Waals surface area (Å²) < 4.78 is 0. The van der Waals surface area contributed by atoms with Crippen LogP contribution in [0.4, 0.5) is 5.13 Å². The third-order valence-corrected chi connectivity index (χ3v) is 4.57. The maximum absolute atomic E-state index is 12.5. The molecule has 1 heterocycles. The van der Waals surface area contributed by atoms with Gasteiger partial charge in [0, 0.05) is 10.9 Å². The molecule has 3 rings (SSSR count). The largest absolute Gasteiger partial charge is 0.478 e. The fourth-order valence-electron chi connectivity index (χ4n) is 2.40. The van der Waals surface area contributed by atoms with Gasteiger partial charge in [-0.05, 0) is 25.1 Å². The Bertz CT molecular complexity index is 1040. The van der Waals surface area contributed by atoms with Gasteiger partial charge >= 0.3 is 11.9 Å². The molecule has 3 aromatic rings. The van der Waals surface area contributed by atoms with Crippen molar-refractivity contribution < 1.29 is 24.6 Å². The minimum atomic E-state index is -1.32. The number of carboxylic acid groups (broad SMARTS) is 2. The van der Waals surface area contributed by atoms with Gasteiger partial charge in [0.2, 0.25) is 0 Å². The zero-order valence-electron chi connectivity index (χ0n) is 14.1. The molecule has 2 aromatic carbocycles. The first-order valence-electron chi connectivity index (χ1n) is 7.79. The number of amides is 1. The number of nitrogens with zero attached hydrogens (tertiary/aromatic N) is 1. The molecule has 27 heavy (non-hydrogen) atoms. The lowest BCUT2D eigenvalue weighted by Gasteiger charge is -2.07. The van der Waals surface area contributed by atoms with Crippen molar-refractivity contribution >= 4 is 34.3 Å². The van der Waals surface area contributed by atoms with Crippen LogP contribution in [0.15, 0.2) is 47.8 Å². The van der Waals surface area contributed by atoms with Crippen molar-refractivity contribution in [2.45, 2.75) is 6.92 Å². The molecule has 0 aliphatic carbocycles. The molecule has 1 amide bonds. The Morgan fingerprint density at radius 2 is 1.67 bits per heavy atom. The van der Waals surface area contributed by atoms with Gasteiger partial charge in [0.05, 0.1) is 22.4 Å². The third kappa shape index (κ3) is 4.01. The number of benzene rings is 2. The van der Waals surface area contributed by atoms with Gasteiger partial charge < -0.3 is 10.2 Å². The van der Waals surface area contributed by atoms with Crippen LogP contribution >= 0.6 is 11.3 Å². The van der Waals surface area contributed by atoms with Crippen LogP contribution < -0.4 is 5.32 Å². The summed E-state index contributed by atoms with van der Waals surface area (Å²) in [5.74, 6) is -3.31. The van der Waals surface area contributed by atoms with Crippen LogP contribution in [0.5, 0.6) is 0 Å². The van der Waals surface area contributed by atoms with Crippen molar-refractivity contribution in [3.63, 3.8) is 0 Å². The number of aromatic nitrogens is 1. The van der Waals surface area contributed by atoms with E-state index in [4.69, 9.17) is 5.11 Å². The van der Waals surface area contributed by atoms with Gasteiger partial charge in [-0.3, -0.25) is 10.1 Å². The van der Waals surface area contributed by atoms with E-state index in [1.54, 1.807) is 5.38 Å². The molecule has 1 aromatic heterocycles. The molecule has 0 unspecified atom stereocenters. The first-order valence-corrected chi connectivity index (χ1v) is 8.67. The first-order chi connectivity index (χ1) is 12.8. The molecule has 0 bridgehead atoms. The Kier molecular flexibility index (Phi) is 5.00. The fraction of sp³-hybridized carbons (Fsp3) is 0.0526. The van der Waals surface area contributed by atoms with Crippen LogP contribution in [0.1, 0.15) is 36.6 Å². The molecule has 0 radical (unpaired) electrons. The molecule has 8 heteroatoms. The molecule has 7 nitrogen and oxygen atoms in total. The van der Waals surface area contributed by atoms with E-state index < -0.39 is 17.8 Å². The smallest absolute Gasteiger partial charge is 0.336 e. The van der Waals surface area contributed by atoms with E-state index in [1.807, 2.05) is 31.2 Å². The Morgan fingerprint density at radius 3 is 2.30 bits per heavy atom. The summed E-state index contributed by atoms with van der Waals surface area (Å²) in [6.07, 6.45) is 0. The molecule has 0 aliphatic heterocycles. The second-order valence-electron chi connectivity index (χ2n) is 5.73. The zero-order valence-corrected chi connectivity index (χ0v) is 14.9. The number of aryl methyl sites for hydroxylation is 1. The van der Waals surface area contributed by atoms with Crippen LogP contribution in [0.25, 0.3) is 11.3 Å². The number of anilines is 1. The summed E-state index contributed by atoms with van der Waals surface area (Å²) in [7, 11) is 0. The first kappa shape index (κ1) is 18.3. The number of carbonyl (C=O) groups excluding carboxylic acids is 1. The van der Waals surface area contributed by atoms with E-state index in [9.17, 15) is 19.5 Å². The van der Waals surface area contributed by atoms with E-state index in [0.717, 1.165) is 29.3 Å². The van der Waals surface area contributed by atoms with Crippen LogP contribution in [-0.2, 0) is 0 Å². The van der Waals surface area contributed by atoms with Crippen molar-refractivity contribution in [1.82, 2.24) is 4.98 Å². The molecular formula is C19H14N2O5S. The number of carbonyl (C=O) groups is 3. The summed E-state index contributed by atoms with van der Waals surface area (Å²) in [5.41, 5.74) is 1.97. The van der Waals surface area contributed by atoms with Crippen LogP contribution in [0, 0.1) is 6.92 Å². The van der Waals surface area contributed by atoms with Crippen molar-refractivity contribution in [3.05, 3.63) is 70.1 Å². The van der Waals surface area contributed by atoms with Crippen LogP contribution in [-0.4, -0.2) is 33.0 Å². The highest BCUT2D eigenvalue weighted by molar-refractivity contribution is 7.14. The Labute approximate surface area is 157 Å². The molecule has 136 valence electrons. The fourth-order valence-corrected chi connectivity index (χ4v) is 3.12. The summed E-state index contributed by atoms with van der Waals surface area (Å²) in [6.45, 7) is 1.97. The lowest BCUT2D eigenvalue weighted by atomic mass is 10.0. The van der Waals surface area contributed by atoms with Gasteiger partial charge in [-0.1, -0.05) is 29.8 Å². The highest BCUT2D eigenvalue weighted by Gasteiger charge is 2.20. The predicted molar refractivity (Wildman–Crippen MR) is 101 cm³/mol. The van der Waals surface area contributed by atoms with Gasteiger partial charge in [0.1, 0.15) is 0 Å². The van der Waals surface area contributed by atoms with E-state index in [1.165, 1.54) is 11.3 Å². The van der Waals surface area contributed by atoms with E-state index >= 15 is 0 Å². The zero-order chi connectivity index (χ0) is 19.6. The second-order valence-corrected chi connectivity index (χ2v) is 6.59. The van der Waals surface area contributed by atoms with Crippen molar-refractivity contribution in [3.8, 4) is 11.3 Å². The van der Waals surface area contributed by atoms with Gasteiger partial charge in [-0.2, -0.15) is 0 Å². The van der Waals surface area contributed by atoms with Crippen molar-refractivity contribution in [2.24, 2.45) is 0 Å². The normalized spacial score (nSPS) is 10.4. The average Bonchev–Trinajstić information content (AvgIpc) is 3.10.